The molecule has 5 nitrogen and oxygen atoms in total. The normalized spacial score (nSPS) is 10.2. The van der Waals surface area contributed by atoms with Crippen LogP contribution in [0, 0.1) is 0 Å². The van der Waals surface area contributed by atoms with Crippen LogP contribution in [0.1, 0.15) is 0 Å². The predicted molar refractivity (Wildman–Crippen MR) is 70.6 cm³/mol. The first-order chi connectivity index (χ1) is 8.67. The number of ether oxygens (including phenoxy) is 2. The molecule has 6 heteroatoms. The number of nitrogens with zero attached hydrogens (tertiary/aromatic N) is 2. The van der Waals surface area contributed by atoms with E-state index in [0.29, 0.717) is 11.4 Å². The van der Waals surface area contributed by atoms with Crippen molar-refractivity contribution in [3.05, 3.63) is 45.3 Å². The Morgan fingerprint density at radius 3 is 2.67 bits per heavy atom. The van der Waals surface area contributed by atoms with Gasteiger partial charge in [-0.2, -0.15) is 9.78 Å². The maximum atomic E-state index is 12.2. The Balaban J connectivity index is 2.63. The molecule has 0 aliphatic rings. The Hall–Kier alpha value is -1.82. The molecule has 0 saturated carbocycles. The van der Waals surface area contributed by atoms with Crippen LogP contribution in [0.3, 0.4) is 0 Å². The van der Waals surface area contributed by atoms with E-state index >= 15 is 0 Å². The zero-order valence-electron chi connectivity index (χ0n) is 9.88. The molecule has 1 aromatic heterocycles. The molecule has 0 bridgehead atoms. The average Bonchev–Trinajstić information content (AvgIpc) is 2.38. The summed E-state index contributed by atoms with van der Waals surface area (Å²) in [6.45, 7) is 0. The summed E-state index contributed by atoms with van der Waals surface area (Å²) in [5, 5.41) is 4.05. The highest BCUT2D eigenvalue weighted by Gasteiger charge is 2.13. The minimum atomic E-state index is -0.366. The van der Waals surface area contributed by atoms with Crippen LogP contribution < -0.4 is 15.0 Å². The lowest BCUT2D eigenvalue weighted by Crippen LogP contribution is -2.22. The van der Waals surface area contributed by atoms with Crippen molar-refractivity contribution in [3.8, 4) is 17.2 Å². The maximum absolute atomic E-state index is 12.2. The van der Waals surface area contributed by atoms with Gasteiger partial charge in [0.15, 0.2) is 5.75 Å². The van der Waals surface area contributed by atoms with Gasteiger partial charge in [0.2, 0.25) is 5.75 Å². The molecule has 0 unspecified atom stereocenters. The smallest absolute Gasteiger partial charge is 0.317 e. The Labute approximate surface area is 112 Å². The van der Waals surface area contributed by atoms with Crippen molar-refractivity contribution in [1.29, 1.82) is 0 Å². The van der Waals surface area contributed by atoms with Crippen LogP contribution in [0.4, 0.5) is 0 Å². The van der Waals surface area contributed by atoms with Gasteiger partial charge in [0.05, 0.1) is 26.1 Å². The second kappa shape index (κ2) is 5.22. The lowest BCUT2D eigenvalue weighted by atomic mass is 10.3. The van der Waals surface area contributed by atoms with Crippen molar-refractivity contribution in [2.75, 3.05) is 14.2 Å². The van der Waals surface area contributed by atoms with E-state index in [2.05, 4.69) is 21.0 Å². The molecule has 18 heavy (non-hydrogen) atoms. The second-order valence-electron chi connectivity index (χ2n) is 3.44. The molecule has 0 fully saturated rings. The van der Waals surface area contributed by atoms with Crippen LogP contribution in [-0.2, 0) is 0 Å². The summed E-state index contributed by atoms with van der Waals surface area (Å²) < 4.78 is 12.2. The van der Waals surface area contributed by atoms with Crippen molar-refractivity contribution >= 4 is 15.9 Å². The fourth-order valence-corrected chi connectivity index (χ4v) is 1.94. The first-order valence-corrected chi connectivity index (χ1v) is 5.93. The van der Waals surface area contributed by atoms with Crippen molar-refractivity contribution < 1.29 is 9.47 Å². The summed E-state index contributed by atoms with van der Waals surface area (Å²) in [6, 6.07) is 7.27. The van der Waals surface area contributed by atoms with Gasteiger partial charge in [-0.25, -0.2) is 0 Å². The summed E-state index contributed by atoms with van der Waals surface area (Å²) in [7, 11) is 2.88. The molecule has 0 saturated heterocycles. The van der Waals surface area contributed by atoms with Gasteiger partial charge < -0.3 is 9.47 Å². The van der Waals surface area contributed by atoms with E-state index in [-0.39, 0.29) is 11.3 Å². The first kappa shape index (κ1) is 12.6. The van der Waals surface area contributed by atoms with Gasteiger partial charge in [0, 0.05) is 4.47 Å². The van der Waals surface area contributed by atoms with Gasteiger partial charge in [-0.1, -0.05) is 22.0 Å². The van der Waals surface area contributed by atoms with Crippen LogP contribution in [0.25, 0.3) is 5.69 Å². The van der Waals surface area contributed by atoms with E-state index < -0.39 is 0 Å². The molecule has 2 aromatic rings. The molecule has 0 aliphatic carbocycles. The molecule has 0 spiro atoms. The summed E-state index contributed by atoms with van der Waals surface area (Å²) >= 11 is 3.35. The van der Waals surface area contributed by atoms with Crippen LogP contribution in [0.2, 0.25) is 0 Å². The number of rotatable bonds is 3. The highest BCUT2D eigenvalue weighted by molar-refractivity contribution is 9.10. The van der Waals surface area contributed by atoms with Crippen LogP contribution in [0.15, 0.2) is 39.7 Å². The molecule has 1 aromatic carbocycles. The third-order valence-corrected chi connectivity index (χ3v) is 2.87. The van der Waals surface area contributed by atoms with Gasteiger partial charge in [-0.15, -0.1) is 0 Å². The molecule has 0 aliphatic heterocycles. The van der Waals surface area contributed by atoms with Crippen LogP contribution >= 0.6 is 15.9 Å². The molecule has 0 amide bonds. The van der Waals surface area contributed by atoms with Crippen molar-refractivity contribution in [1.82, 2.24) is 9.78 Å². The molecule has 0 N–H and O–H groups in total. The fourth-order valence-electron chi connectivity index (χ4n) is 1.55. The third kappa shape index (κ3) is 2.24. The Kier molecular flexibility index (Phi) is 3.66. The van der Waals surface area contributed by atoms with Crippen LogP contribution in [-0.4, -0.2) is 24.0 Å². The van der Waals surface area contributed by atoms with E-state index in [1.54, 1.807) is 12.1 Å². The lowest BCUT2D eigenvalue weighted by Gasteiger charge is -2.09. The Bertz CT molecular complexity index is 625. The number of hydrogen-bond acceptors (Lipinski definition) is 4. The quantitative estimate of drug-likeness (QED) is 0.870. The highest BCUT2D eigenvalue weighted by Crippen LogP contribution is 2.21. The van der Waals surface area contributed by atoms with E-state index in [1.165, 1.54) is 25.1 Å². The molecule has 2 rings (SSSR count). The van der Waals surface area contributed by atoms with Crippen LogP contribution in [0.5, 0.6) is 11.5 Å². The van der Waals surface area contributed by atoms with Gasteiger partial charge in [0.1, 0.15) is 0 Å². The standard InChI is InChI=1S/C12H11BrN2O3/c1-17-10-7-14-15(12(16)11(10)18-2)9-5-3-4-8(13)6-9/h3-7H,1-2H3. The number of halogens is 1. The van der Waals surface area contributed by atoms with Crippen molar-refractivity contribution in [2.45, 2.75) is 0 Å². The third-order valence-electron chi connectivity index (χ3n) is 2.38. The SMILES string of the molecule is COc1cnn(-c2cccc(Br)c2)c(=O)c1OC. The molecular weight excluding hydrogens is 300 g/mol. The van der Waals surface area contributed by atoms with Crippen molar-refractivity contribution in [3.63, 3.8) is 0 Å². The number of benzene rings is 1. The topological polar surface area (TPSA) is 53.4 Å². The van der Waals surface area contributed by atoms with Crippen molar-refractivity contribution in [2.24, 2.45) is 0 Å². The van der Waals surface area contributed by atoms with E-state index in [0.717, 1.165) is 4.47 Å². The van der Waals surface area contributed by atoms with Gasteiger partial charge in [-0.3, -0.25) is 4.79 Å². The molecule has 0 atom stereocenters. The zero-order valence-corrected chi connectivity index (χ0v) is 11.5. The van der Waals surface area contributed by atoms with Gasteiger partial charge in [-0.05, 0) is 18.2 Å². The highest BCUT2D eigenvalue weighted by atomic mass is 79.9. The zero-order chi connectivity index (χ0) is 13.1. The molecular formula is C12H11BrN2O3. The summed E-state index contributed by atoms with van der Waals surface area (Å²) in [5.41, 5.74) is 0.283. The minimum Gasteiger partial charge on any atom is -0.491 e. The first-order valence-electron chi connectivity index (χ1n) is 5.13. The number of aromatic nitrogens is 2. The summed E-state index contributed by atoms with van der Waals surface area (Å²) in [4.78, 5) is 12.2. The average molecular weight is 311 g/mol. The largest absolute Gasteiger partial charge is 0.491 e. The van der Waals surface area contributed by atoms with E-state index in [9.17, 15) is 4.79 Å². The molecule has 94 valence electrons. The van der Waals surface area contributed by atoms with Gasteiger partial charge in [0.25, 0.3) is 0 Å². The monoisotopic (exact) mass is 310 g/mol. The van der Waals surface area contributed by atoms with E-state index in [4.69, 9.17) is 9.47 Å². The van der Waals surface area contributed by atoms with Gasteiger partial charge >= 0.3 is 5.56 Å². The fraction of sp³-hybridized carbons (Fsp3) is 0.167. The number of methoxy groups -OCH3 is 2. The maximum Gasteiger partial charge on any atom is 0.317 e. The minimum absolute atomic E-state index is 0.132. The molecule has 1 heterocycles. The Morgan fingerprint density at radius 1 is 1.28 bits per heavy atom. The predicted octanol–water partition coefficient (Wildman–Crippen LogP) is 2.01. The summed E-state index contributed by atoms with van der Waals surface area (Å²) in [5.74, 6) is 0.446. The number of hydrogen-bond donors (Lipinski definition) is 0. The summed E-state index contributed by atoms with van der Waals surface area (Å²) in [6.07, 6.45) is 1.45. The Morgan fingerprint density at radius 2 is 2.06 bits per heavy atom. The lowest BCUT2D eigenvalue weighted by molar-refractivity contribution is 0.344. The molecule has 0 radical (unpaired) electrons. The second-order valence-corrected chi connectivity index (χ2v) is 4.36. The van der Waals surface area contributed by atoms with E-state index in [1.807, 2.05) is 12.1 Å².